The Morgan fingerprint density at radius 2 is 2.00 bits per heavy atom. The number of esters is 1. The Balaban J connectivity index is 2.01. The van der Waals surface area contributed by atoms with Crippen LogP contribution in [0.3, 0.4) is 0 Å². The molecule has 0 aromatic carbocycles. The van der Waals surface area contributed by atoms with Crippen LogP contribution in [0.1, 0.15) is 66.7 Å². The molecule has 7 nitrogen and oxygen atoms in total. The van der Waals surface area contributed by atoms with Crippen LogP contribution in [0.4, 0.5) is 0 Å². The van der Waals surface area contributed by atoms with Crippen molar-refractivity contribution in [3.63, 3.8) is 0 Å². The molecule has 3 heterocycles. The number of unbranched alkanes of at least 4 members (excludes halogenated alkanes) is 2. The minimum absolute atomic E-state index is 0.0154. The molecule has 0 aromatic heterocycles. The predicted molar refractivity (Wildman–Crippen MR) is 120 cm³/mol. The average molecular weight is 455 g/mol. The van der Waals surface area contributed by atoms with Crippen molar-refractivity contribution in [1.82, 2.24) is 10.2 Å². The second-order valence-electron chi connectivity index (χ2n) is 9.72. The van der Waals surface area contributed by atoms with Gasteiger partial charge < -0.3 is 20.1 Å². The van der Waals surface area contributed by atoms with E-state index in [1.54, 1.807) is 23.6 Å². The lowest BCUT2D eigenvalue weighted by molar-refractivity contribution is -0.155. The summed E-state index contributed by atoms with van der Waals surface area (Å²) in [7, 11) is 0. The molecule has 0 aliphatic carbocycles. The highest BCUT2D eigenvalue weighted by Gasteiger charge is 2.78. The van der Waals surface area contributed by atoms with Gasteiger partial charge in [0.2, 0.25) is 11.8 Å². The summed E-state index contributed by atoms with van der Waals surface area (Å²) in [6.45, 7) is 10.4. The molecule has 0 aromatic rings. The predicted octanol–water partition coefficient (Wildman–Crippen LogP) is 2.35. The van der Waals surface area contributed by atoms with E-state index in [4.69, 9.17) is 4.74 Å². The highest BCUT2D eigenvalue weighted by molar-refractivity contribution is 8.02. The largest absolute Gasteiger partial charge is 0.466 e. The lowest BCUT2D eigenvalue weighted by atomic mass is 9.66. The van der Waals surface area contributed by atoms with Crippen molar-refractivity contribution in [3.8, 4) is 0 Å². The van der Waals surface area contributed by atoms with Gasteiger partial charge in [-0.1, -0.05) is 33.6 Å². The first-order valence-corrected chi connectivity index (χ1v) is 12.6. The summed E-state index contributed by atoms with van der Waals surface area (Å²) in [6, 6.07) is -1.15. The first kappa shape index (κ1) is 24.4. The number of carbonyl (C=O) groups excluding carboxylic acids is 3. The van der Waals surface area contributed by atoms with Crippen LogP contribution in [0.2, 0.25) is 0 Å². The number of nitrogens with zero attached hydrogens (tertiary/aromatic N) is 1. The minimum atomic E-state index is -0.683. The van der Waals surface area contributed by atoms with E-state index in [1.807, 2.05) is 20.8 Å². The molecule has 3 rings (SSSR count). The molecule has 1 spiro atoms. The van der Waals surface area contributed by atoms with Gasteiger partial charge in [0, 0.05) is 11.3 Å². The zero-order valence-electron chi connectivity index (χ0n) is 19.5. The monoisotopic (exact) mass is 454 g/mol. The quantitative estimate of drug-likeness (QED) is 0.389. The number of nitrogens with one attached hydrogen (secondary N) is 1. The Kier molecular flexibility index (Phi) is 7.31. The first-order valence-electron chi connectivity index (χ1n) is 11.8. The number of amides is 2. The zero-order valence-corrected chi connectivity index (χ0v) is 20.3. The van der Waals surface area contributed by atoms with Gasteiger partial charge in [-0.3, -0.25) is 14.4 Å². The molecule has 0 saturated carbocycles. The summed E-state index contributed by atoms with van der Waals surface area (Å²) in [6.07, 6.45) is 4.46. The van der Waals surface area contributed by atoms with Gasteiger partial charge >= 0.3 is 5.97 Å². The molecule has 0 radical (unpaired) electrons. The van der Waals surface area contributed by atoms with Crippen molar-refractivity contribution in [2.24, 2.45) is 17.8 Å². The number of thioether (sulfide) groups is 1. The van der Waals surface area contributed by atoms with Gasteiger partial charge in [0.25, 0.3) is 0 Å². The van der Waals surface area contributed by atoms with E-state index in [0.717, 1.165) is 25.7 Å². The van der Waals surface area contributed by atoms with Crippen LogP contribution < -0.4 is 5.32 Å². The van der Waals surface area contributed by atoms with Crippen molar-refractivity contribution in [2.75, 3.05) is 19.8 Å². The third-order valence-corrected chi connectivity index (χ3v) is 9.38. The summed E-state index contributed by atoms with van der Waals surface area (Å²) >= 11 is 1.64. The smallest absolute Gasteiger partial charge is 0.311 e. The van der Waals surface area contributed by atoms with Crippen molar-refractivity contribution in [2.45, 2.75) is 88.3 Å². The molecule has 176 valence electrons. The summed E-state index contributed by atoms with van der Waals surface area (Å²) < 4.78 is 4.32. The van der Waals surface area contributed by atoms with Gasteiger partial charge in [0.05, 0.1) is 35.8 Å². The van der Waals surface area contributed by atoms with E-state index >= 15 is 0 Å². The fourth-order valence-electron chi connectivity index (χ4n) is 5.91. The molecule has 3 aliphatic heterocycles. The van der Waals surface area contributed by atoms with Crippen LogP contribution >= 0.6 is 11.8 Å². The molecule has 2 amide bonds. The lowest BCUT2D eigenvalue weighted by Crippen LogP contribution is -2.57. The summed E-state index contributed by atoms with van der Waals surface area (Å²) in [5.74, 6) is -1.85. The highest BCUT2D eigenvalue weighted by Crippen LogP contribution is 2.71. The number of ether oxygens (including phenoxy) is 1. The van der Waals surface area contributed by atoms with E-state index in [2.05, 4.69) is 12.2 Å². The molecule has 2 bridgehead atoms. The molecular formula is C23H38N2O5S. The number of likely N-dealkylation sites (tertiary alicyclic amines) is 1. The maximum Gasteiger partial charge on any atom is 0.311 e. The van der Waals surface area contributed by atoms with Gasteiger partial charge in [-0.25, -0.2) is 0 Å². The number of rotatable bonds is 10. The molecular weight excluding hydrogens is 416 g/mol. The normalized spacial score (nSPS) is 34.9. The van der Waals surface area contributed by atoms with Crippen LogP contribution in [0.25, 0.3) is 0 Å². The third-order valence-electron chi connectivity index (χ3n) is 7.40. The standard InChI is InChI=1S/C23H38N2O5S/c1-6-8-9-12-24-19(27)18-23-11-10-22(5,31-23)17(21(29)30-7-2)16(23)20(28)25(18)15(13-26)14(3)4/h14-18,26H,6-13H2,1-5H3,(H,24,27)/t15-,16-,17-,18?,22+,23?/m0/s1. The maximum atomic E-state index is 13.8. The summed E-state index contributed by atoms with van der Waals surface area (Å²) in [4.78, 5) is 42.0. The number of hydrogen-bond acceptors (Lipinski definition) is 6. The van der Waals surface area contributed by atoms with Crippen LogP contribution in [0.15, 0.2) is 0 Å². The molecule has 6 atom stereocenters. The lowest BCUT2D eigenvalue weighted by Gasteiger charge is -2.38. The van der Waals surface area contributed by atoms with Crippen LogP contribution in [0.5, 0.6) is 0 Å². The molecule has 3 aliphatic rings. The second-order valence-corrected chi connectivity index (χ2v) is 11.6. The Hall–Kier alpha value is -1.28. The molecule has 3 fully saturated rings. The second kappa shape index (κ2) is 9.30. The maximum absolute atomic E-state index is 13.8. The summed E-state index contributed by atoms with van der Waals surface area (Å²) in [5.41, 5.74) is 0. The fraction of sp³-hybridized carbons (Fsp3) is 0.870. The fourth-order valence-corrected chi connectivity index (χ4v) is 8.25. The number of fused-ring (bicyclic) bond motifs is 1. The van der Waals surface area contributed by atoms with E-state index in [-0.39, 0.29) is 36.9 Å². The van der Waals surface area contributed by atoms with Gasteiger partial charge in [0.15, 0.2) is 0 Å². The van der Waals surface area contributed by atoms with E-state index < -0.39 is 33.4 Å². The van der Waals surface area contributed by atoms with Gasteiger partial charge in [-0.2, -0.15) is 0 Å². The van der Waals surface area contributed by atoms with Crippen LogP contribution in [0, 0.1) is 17.8 Å². The van der Waals surface area contributed by atoms with Gasteiger partial charge in [0.1, 0.15) is 6.04 Å². The Morgan fingerprint density at radius 3 is 2.58 bits per heavy atom. The molecule has 31 heavy (non-hydrogen) atoms. The first-order chi connectivity index (χ1) is 14.7. The van der Waals surface area contributed by atoms with E-state index in [0.29, 0.717) is 13.0 Å². The van der Waals surface area contributed by atoms with Crippen molar-refractivity contribution >= 4 is 29.5 Å². The van der Waals surface area contributed by atoms with Gasteiger partial charge in [-0.05, 0) is 39.0 Å². The van der Waals surface area contributed by atoms with E-state index in [1.165, 1.54) is 0 Å². The minimum Gasteiger partial charge on any atom is -0.466 e. The third kappa shape index (κ3) is 3.88. The average Bonchev–Trinajstić information content (AvgIpc) is 3.27. The van der Waals surface area contributed by atoms with Gasteiger partial charge in [-0.15, -0.1) is 11.8 Å². The molecule has 3 saturated heterocycles. The Morgan fingerprint density at radius 1 is 1.29 bits per heavy atom. The number of aliphatic hydroxyl groups excluding tert-OH is 1. The number of carbonyl (C=O) groups is 3. The van der Waals surface area contributed by atoms with Crippen molar-refractivity contribution in [3.05, 3.63) is 0 Å². The SMILES string of the molecule is CCCCCNC(=O)C1N([C@@H](CO)C(C)C)C(=O)[C@@H]2[C@@H](C(=O)OCC)[C@@]3(C)CCC12S3. The van der Waals surface area contributed by atoms with Crippen LogP contribution in [-0.4, -0.2) is 69.1 Å². The number of hydrogen-bond donors (Lipinski definition) is 2. The topological polar surface area (TPSA) is 95.9 Å². The molecule has 2 unspecified atom stereocenters. The molecule has 2 N–H and O–H groups in total. The summed E-state index contributed by atoms with van der Waals surface area (Å²) in [5, 5.41) is 13.2. The Labute approximate surface area is 190 Å². The van der Waals surface area contributed by atoms with Crippen molar-refractivity contribution < 1.29 is 24.2 Å². The highest BCUT2D eigenvalue weighted by atomic mass is 32.2. The molecule has 8 heteroatoms. The zero-order chi connectivity index (χ0) is 23.0. The van der Waals surface area contributed by atoms with E-state index in [9.17, 15) is 19.5 Å². The Bertz CT molecular complexity index is 716. The van der Waals surface area contributed by atoms with Crippen molar-refractivity contribution in [1.29, 1.82) is 0 Å². The number of aliphatic hydroxyl groups is 1. The van der Waals surface area contributed by atoms with Crippen LogP contribution in [-0.2, 0) is 19.1 Å².